The fourth-order valence-corrected chi connectivity index (χ4v) is 6.80. The summed E-state index contributed by atoms with van der Waals surface area (Å²) in [6.45, 7) is -2.19. The number of hydrogen-bond acceptors (Lipinski definition) is 1. The van der Waals surface area contributed by atoms with Gasteiger partial charge in [0, 0.05) is 20.3 Å². The predicted molar refractivity (Wildman–Crippen MR) is 220 cm³/mol. The summed E-state index contributed by atoms with van der Waals surface area (Å²) >= 11 is 0. The van der Waals surface area contributed by atoms with Gasteiger partial charge in [0.1, 0.15) is 11.2 Å². The molecule has 10 aromatic rings. The highest BCUT2D eigenvalue weighted by Crippen LogP contribution is 2.50. The lowest BCUT2D eigenvalue weighted by Gasteiger charge is -2.21. The molecule has 0 N–H and O–H groups in total. The average molecular weight is 694 g/mol. The smallest absolute Gasteiger partial charge is 0.136 e. The molecule has 0 saturated heterocycles. The lowest BCUT2D eigenvalue weighted by atomic mass is 9.82. The SMILES string of the molecule is [2H]c1c([2H])c(-c2c([2H])c([2H])c3c(c2[2H])-c2c([2H])c([2H])c([2H])c([2H])c2C3(C)C([2H])([2H])[2H])c([2H])c(-c2c3c([2H])c([2H])c([2H])c([2H])c3c(-c3c([2H])c([2H])c4oc5c([2H])c6c([2H])c([2H])c([2H])c([2H])c6c([2H])c5c4c3[2H])c3c([2H])c([2H])c([2H])c([2H])c23)c1[2H]. The highest BCUT2D eigenvalue weighted by Gasteiger charge is 2.35. The first-order chi connectivity index (χ1) is 38.5. The summed E-state index contributed by atoms with van der Waals surface area (Å²) in [5, 5.41) is -5.25. The largest absolute Gasteiger partial charge is 0.456 e. The Labute approximate surface area is 346 Å². The Morgan fingerprint density at radius 1 is 0.423 bits per heavy atom. The zero-order chi connectivity index (χ0) is 61.4. The van der Waals surface area contributed by atoms with Crippen LogP contribution in [0.3, 0.4) is 0 Å². The van der Waals surface area contributed by atoms with E-state index in [9.17, 15) is 20.6 Å². The summed E-state index contributed by atoms with van der Waals surface area (Å²) in [6.07, 6.45) is 0. The molecule has 0 saturated carbocycles. The van der Waals surface area contributed by atoms with Gasteiger partial charge < -0.3 is 4.42 Å². The van der Waals surface area contributed by atoms with Crippen LogP contribution in [0.15, 0.2) is 174 Å². The maximum Gasteiger partial charge on any atom is 0.136 e. The summed E-state index contributed by atoms with van der Waals surface area (Å²) in [4.78, 5) is 0. The molecule has 1 aliphatic carbocycles. The molecule has 0 bridgehead atoms. The van der Waals surface area contributed by atoms with Crippen molar-refractivity contribution < 1.29 is 46.9 Å². The molecule has 1 heteroatoms. The zero-order valence-electron chi connectivity index (χ0n) is 57.4. The average Bonchev–Trinajstić information content (AvgIpc) is 3.73. The van der Waals surface area contributed by atoms with Gasteiger partial charge in [0.05, 0.1) is 38.4 Å². The second-order valence-corrected chi connectivity index (χ2v) is 12.1. The van der Waals surface area contributed by atoms with Crippen LogP contribution in [0, 0.1) is 0 Å². The van der Waals surface area contributed by atoms with Gasteiger partial charge in [0.2, 0.25) is 0 Å². The Morgan fingerprint density at radius 2 is 0.981 bits per heavy atom. The van der Waals surface area contributed by atoms with Crippen LogP contribution in [0.5, 0.6) is 0 Å². The molecular formula is C51H34O. The van der Waals surface area contributed by atoms with E-state index >= 15 is 0 Å². The lowest BCUT2D eigenvalue weighted by Crippen LogP contribution is -2.14. The van der Waals surface area contributed by atoms with Crippen LogP contribution in [-0.4, -0.2) is 0 Å². The molecule has 1 heterocycles. The summed E-state index contributed by atoms with van der Waals surface area (Å²) in [5.74, 6) is 0. The lowest BCUT2D eigenvalue weighted by molar-refractivity contribution is 0.660. The van der Waals surface area contributed by atoms with Crippen molar-refractivity contribution in [2.75, 3.05) is 0 Å². The molecule has 0 amide bonds. The molecule has 1 atom stereocenters. The summed E-state index contributed by atoms with van der Waals surface area (Å²) in [5.41, 5.74) is -11.3. The van der Waals surface area contributed by atoms with Gasteiger partial charge in [-0.3, -0.25) is 0 Å². The molecule has 0 spiro atoms. The normalized spacial score (nSPS) is 23.8. The number of benzene rings is 9. The Kier molecular flexibility index (Phi) is 2.50. The van der Waals surface area contributed by atoms with Crippen LogP contribution in [-0.2, 0) is 5.41 Å². The van der Waals surface area contributed by atoms with Gasteiger partial charge in [0.15, 0.2) is 0 Å². The van der Waals surface area contributed by atoms with E-state index in [4.69, 9.17) is 26.3 Å². The van der Waals surface area contributed by atoms with E-state index in [1.54, 1.807) is 0 Å². The van der Waals surface area contributed by atoms with E-state index in [0.717, 1.165) is 6.92 Å². The second-order valence-electron chi connectivity index (χ2n) is 12.1. The highest BCUT2D eigenvalue weighted by molar-refractivity contribution is 6.22. The van der Waals surface area contributed by atoms with E-state index in [1.807, 2.05) is 0 Å². The van der Waals surface area contributed by atoms with Crippen LogP contribution in [0.1, 0.15) is 67.4 Å². The molecule has 1 unspecified atom stereocenters. The number of furan rings is 1. The first kappa shape index (κ1) is 12.1. The predicted octanol–water partition coefficient (Wildman–Crippen LogP) is 14.4. The Hall–Kier alpha value is -6.44. The molecule has 1 nitrogen and oxygen atoms in total. The number of fused-ring (bicyclic) bond motifs is 9. The molecular weight excluding hydrogens is 629 g/mol. The zero-order valence-corrected chi connectivity index (χ0v) is 26.4. The molecule has 0 radical (unpaired) electrons. The van der Waals surface area contributed by atoms with Gasteiger partial charge in [-0.25, -0.2) is 0 Å². The Morgan fingerprint density at radius 3 is 1.71 bits per heavy atom. The van der Waals surface area contributed by atoms with Gasteiger partial charge >= 0.3 is 0 Å². The molecule has 0 aliphatic heterocycles. The van der Waals surface area contributed by atoms with Crippen molar-refractivity contribution in [2.45, 2.75) is 19.2 Å². The maximum absolute atomic E-state index is 10.0. The molecule has 1 aromatic heterocycles. The van der Waals surface area contributed by atoms with Crippen molar-refractivity contribution in [1.82, 2.24) is 0 Å². The minimum atomic E-state index is -3.24. The van der Waals surface area contributed by atoms with Gasteiger partial charge in [-0.1, -0.05) is 147 Å². The fraction of sp³-hybridized carbons (Fsp3) is 0.0588. The van der Waals surface area contributed by atoms with Crippen LogP contribution in [0.4, 0.5) is 0 Å². The third kappa shape index (κ3) is 4.17. The standard InChI is InChI=1S/C51H34O/c1-51(2)45-21-10-9-16-37(45)42-27-34(22-24-46(42)51)31-14-11-15-35(26-31)49-38-17-5-7-19-40(38)50(41-20-8-6-18-39(41)49)36-23-25-47-43(29-36)44-28-32-12-3-4-13-33(32)30-48(44)52-47/h3-30H,1-2H3/i1D3,3D,4D,5D,6D,7D,8D,9D,10D,11D,12D,13D,14D,15D,16D,17D,18D,19D,20D,21D,22D,23D,24D,25D,26D,27D,28D,29D,30D. The highest BCUT2D eigenvalue weighted by atomic mass is 16.3. The minimum absolute atomic E-state index is 0.469. The van der Waals surface area contributed by atoms with E-state index in [1.165, 1.54) is 0 Å². The Bertz CT molecular complexity index is 4740. The quantitative estimate of drug-likeness (QED) is 0.168. The van der Waals surface area contributed by atoms with Gasteiger partial charge in [-0.2, -0.15) is 0 Å². The second kappa shape index (κ2) is 10.8. The van der Waals surface area contributed by atoms with Gasteiger partial charge in [-0.15, -0.1) is 0 Å². The summed E-state index contributed by atoms with van der Waals surface area (Å²) < 4.78 is 289. The fourth-order valence-electron chi connectivity index (χ4n) is 6.80. The molecule has 9 aromatic carbocycles. The minimum Gasteiger partial charge on any atom is -0.456 e. The Balaban J connectivity index is 1.36. The summed E-state index contributed by atoms with van der Waals surface area (Å²) in [6, 6.07) is -26.8. The number of rotatable bonds is 3. The monoisotopic (exact) mass is 693 g/mol. The van der Waals surface area contributed by atoms with Gasteiger partial charge in [0.25, 0.3) is 0 Å². The van der Waals surface area contributed by atoms with Gasteiger partial charge in [-0.05, 0) is 124 Å². The molecule has 0 fully saturated rings. The first-order valence-corrected chi connectivity index (χ1v) is 15.7. The van der Waals surface area contributed by atoms with Crippen molar-refractivity contribution in [2.24, 2.45) is 0 Å². The van der Waals surface area contributed by atoms with E-state index in [2.05, 4.69) is 0 Å². The maximum atomic E-state index is 10.0. The van der Waals surface area contributed by atoms with Crippen LogP contribution < -0.4 is 0 Å². The molecule has 244 valence electrons. The third-order valence-corrected chi connectivity index (χ3v) is 9.14. The summed E-state index contributed by atoms with van der Waals surface area (Å²) in [7, 11) is 0. The van der Waals surface area contributed by atoms with E-state index in [0.29, 0.717) is 0 Å². The van der Waals surface area contributed by atoms with Crippen LogP contribution >= 0.6 is 0 Å². The van der Waals surface area contributed by atoms with Crippen molar-refractivity contribution >= 4 is 54.3 Å². The van der Waals surface area contributed by atoms with Crippen molar-refractivity contribution in [3.8, 4) is 44.5 Å². The van der Waals surface area contributed by atoms with Crippen LogP contribution in [0.2, 0.25) is 0 Å². The van der Waals surface area contributed by atoms with E-state index < -0.39 is 291 Å². The topological polar surface area (TPSA) is 13.1 Å². The van der Waals surface area contributed by atoms with Crippen molar-refractivity contribution in [3.05, 3.63) is 180 Å². The van der Waals surface area contributed by atoms with Crippen LogP contribution in [0.25, 0.3) is 98.8 Å². The first-order valence-electron chi connectivity index (χ1n) is 31.2. The molecule has 1 aliphatic rings. The third-order valence-electron chi connectivity index (χ3n) is 9.14. The van der Waals surface area contributed by atoms with Crippen molar-refractivity contribution in [1.29, 1.82) is 0 Å². The molecule has 52 heavy (non-hydrogen) atoms. The number of hydrogen-bond donors (Lipinski definition) is 0. The van der Waals surface area contributed by atoms with E-state index in [-0.39, 0.29) is 0 Å². The van der Waals surface area contributed by atoms with Crippen molar-refractivity contribution in [3.63, 3.8) is 0 Å². The molecule has 11 rings (SSSR count).